The van der Waals surface area contributed by atoms with Crippen LogP contribution in [0.15, 0.2) is 12.4 Å². The van der Waals surface area contributed by atoms with Crippen LogP contribution in [0.3, 0.4) is 0 Å². The van der Waals surface area contributed by atoms with Crippen molar-refractivity contribution in [3.05, 3.63) is 35.2 Å². The van der Waals surface area contributed by atoms with Crippen molar-refractivity contribution in [1.82, 2.24) is 24.6 Å². The van der Waals surface area contributed by atoms with Gasteiger partial charge in [0.25, 0.3) is 0 Å². The minimum atomic E-state index is 0.887. The van der Waals surface area contributed by atoms with Gasteiger partial charge in [-0.3, -0.25) is 4.68 Å². The van der Waals surface area contributed by atoms with E-state index in [9.17, 15) is 0 Å². The predicted molar refractivity (Wildman–Crippen MR) is 80.7 cm³/mol. The van der Waals surface area contributed by atoms with Crippen LogP contribution in [0, 0.1) is 20.8 Å². The molecule has 5 heteroatoms. The van der Waals surface area contributed by atoms with Crippen molar-refractivity contribution in [3.8, 4) is 0 Å². The van der Waals surface area contributed by atoms with Crippen LogP contribution in [0.5, 0.6) is 0 Å². The summed E-state index contributed by atoms with van der Waals surface area (Å²) in [6.07, 6.45) is 5.02. The maximum Gasteiger partial charge on any atom is 0.105 e. The normalized spacial score (nSPS) is 11.2. The average Bonchev–Trinajstić information content (AvgIpc) is 2.94. The molecular weight excluding hydrogens is 250 g/mol. The molecule has 2 heterocycles. The van der Waals surface area contributed by atoms with Gasteiger partial charge in [-0.2, -0.15) is 5.10 Å². The lowest BCUT2D eigenvalue weighted by atomic mass is 10.2. The highest BCUT2D eigenvalue weighted by Crippen LogP contribution is 2.13. The molecule has 5 nitrogen and oxygen atoms in total. The minimum absolute atomic E-state index is 0.887. The lowest BCUT2D eigenvalue weighted by molar-refractivity contribution is 0.513. The van der Waals surface area contributed by atoms with Crippen LogP contribution in [-0.4, -0.2) is 25.9 Å². The van der Waals surface area contributed by atoms with Crippen molar-refractivity contribution in [2.75, 3.05) is 6.54 Å². The first-order valence-corrected chi connectivity index (χ1v) is 7.34. The van der Waals surface area contributed by atoms with Crippen molar-refractivity contribution >= 4 is 0 Å². The van der Waals surface area contributed by atoms with E-state index in [1.807, 2.05) is 19.3 Å². The topological polar surface area (TPSA) is 47.7 Å². The molecule has 2 aromatic heterocycles. The fraction of sp³-hybridized carbons (Fsp3) is 0.600. The second-order valence-corrected chi connectivity index (χ2v) is 5.22. The molecule has 0 saturated heterocycles. The molecule has 0 aliphatic carbocycles. The van der Waals surface area contributed by atoms with E-state index >= 15 is 0 Å². The Balaban J connectivity index is 2.02. The van der Waals surface area contributed by atoms with Crippen LogP contribution in [-0.2, 0) is 19.6 Å². The van der Waals surface area contributed by atoms with Gasteiger partial charge in [0.15, 0.2) is 0 Å². The fourth-order valence-electron chi connectivity index (χ4n) is 2.44. The van der Waals surface area contributed by atoms with Crippen molar-refractivity contribution in [1.29, 1.82) is 0 Å². The maximum absolute atomic E-state index is 4.66. The molecule has 0 aromatic carbocycles. The van der Waals surface area contributed by atoms with Crippen LogP contribution >= 0.6 is 0 Å². The number of nitrogens with one attached hydrogen (secondary N) is 1. The van der Waals surface area contributed by atoms with Gasteiger partial charge in [0, 0.05) is 36.7 Å². The molecule has 0 aliphatic rings. The SMILES string of the molecule is CCCNCc1c(C)nn(CCn2ccnc2C)c1C. The number of imidazole rings is 1. The van der Waals surface area contributed by atoms with E-state index in [-0.39, 0.29) is 0 Å². The third-order valence-corrected chi connectivity index (χ3v) is 3.74. The Morgan fingerprint density at radius 3 is 2.65 bits per heavy atom. The smallest absolute Gasteiger partial charge is 0.105 e. The summed E-state index contributed by atoms with van der Waals surface area (Å²) in [5, 5.41) is 8.12. The van der Waals surface area contributed by atoms with Gasteiger partial charge in [-0.05, 0) is 33.7 Å². The largest absolute Gasteiger partial charge is 0.333 e. The number of aryl methyl sites for hydroxylation is 4. The zero-order chi connectivity index (χ0) is 14.5. The lowest BCUT2D eigenvalue weighted by Gasteiger charge is -2.08. The maximum atomic E-state index is 4.66. The van der Waals surface area contributed by atoms with Gasteiger partial charge in [-0.1, -0.05) is 6.92 Å². The fourth-order valence-corrected chi connectivity index (χ4v) is 2.44. The molecule has 0 amide bonds. The summed E-state index contributed by atoms with van der Waals surface area (Å²) in [5.41, 5.74) is 3.73. The number of hydrogen-bond acceptors (Lipinski definition) is 3. The Morgan fingerprint density at radius 1 is 1.20 bits per heavy atom. The van der Waals surface area contributed by atoms with E-state index in [4.69, 9.17) is 0 Å². The molecule has 0 unspecified atom stereocenters. The summed E-state index contributed by atoms with van der Waals surface area (Å²) in [4.78, 5) is 4.25. The van der Waals surface area contributed by atoms with E-state index < -0.39 is 0 Å². The summed E-state index contributed by atoms with van der Waals surface area (Å²) in [6.45, 7) is 12.2. The van der Waals surface area contributed by atoms with Gasteiger partial charge in [-0.25, -0.2) is 4.98 Å². The van der Waals surface area contributed by atoms with Gasteiger partial charge in [-0.15, -0.1) is 0 Å². The van der Waals surface area contributed by atoms with Gasteiger partial charge in [0.1, 0.15) is 5.82 Å². The first-order valence-electron chi connectivity index (χ1n) is 7.34. The number of nitrogens with zero attached hydrogens (tertiary/aromatic N) is 4. The van der Waals surface area contributed by atoms with Gasteiger partial charge >= 0.3 is 0 Å². The second kappa shape index (κ2) is 6.70. The molecule has 0 aliphatic heterocycles. The van der Waals surface area contributed by atoms with E-state index in [1.54, 1.807) is 0 Å². The summed E-state index contributed by atoms with van der Waals surface area (Å²) in [6, 6.07) is 0. The van der Waals surface area contributed by atoms with E-state index in [2.05, 4.69) is 45.4 Å². The van der Waals surface area contributed by atoms with E-state index in [0.717, 1.165) is 44.1 Å². The van der Waals surface area contributed by atoms with Gasteiger partial charge < -0.3 is 9.88 Å². The Hall–Kier alpha value is -1.62. The van der Waals surface area contributed by atoms with Gasteiger partial charge in [0.2, 0.25) is 0 Å². The quantitative estimate of drug-likeness (QED) is 0.788. The molecule has 0 saturated carbocycles. The molecule has 0 spiro atoms. The third kappa shape index (κ3) is 3.28. The molecule has 20 heavy (non-hydrogen) atoms. The Labute approximate surface area is 121 Å². The monoisotopic (exact) mass is 275 g/mol. The number of rotatable bonds is 7. The Bertz CT molecular complexity index is 553. The molecule has 110 valence electrons. The highest BCUT2D eigenvalue weighted by Gasteiger charge is 2.11. The molecular formula is C15H25N5. The average molecular weight is 275 g/mol. The summed E-state index contributed by atoms with van der Waals surface area (Å²) in [7, 11) is 0. The molecule has 0 bridgehead atoms. The molecule has 0 fully saturated rings. The van der Waals surface area contributed by atoms with E-state index in [1.165, 1.54) is 11.3 Å². The zero-order valence-corrected chi connectivity index (χ0v) is 13.0. The highest BCUT2D eigenvalue weighted by molar-refractivity contribution is 5.24. The number of aromatic nitrogens is 4. The van der Waals surface area contributed by atoms with Crippen LogP contribution in [0.2, 0.25) is 0 Å². The number of hydrogen-bond donors (Lipinski definition) is 1. The van der Waals surface area contributed by atoms with Crippen molar-refractivity contribution < 1.29 is 0 Å². The minimum Gasteiger partial charge on any atom is -0.333 e. The molecule has 1 N–H and O–H groups in total. The zero-order valence-electron chi connectivity index (χ0n) is 13.0. The summed E-state index contributed by atoms with van der Waals surface area (Å²) < 4.78 is 4.27. The predicted octanol–water partition coefficient (Wildman–Crippen LogP) is 2.20. The van der Waals surface area contributed by atoms with Crippen molar-refractivity contribution in [2.24, 2.45) is 0 Å². The third-order valence-electron chi connectivity index (χ3n) is 3.74. The van der Waals surface area contributed by atoms with Gasteiger partial charge in [0.05, 0.1) is 12.2 Å². The van der Waals surface area contributed by atoms with Crippen LogP contribution in [0.1, 0.15) is 36.1 Å². The molecule has 0 atom stereocenters. The second-order valence-electron chi connectivity index (χ2n) is 5.22. The molecule has 2 aromatic rings. The first-order chi connectivity index (χ1) is 9.63. The summed E-state index contributed by atoms with van der Waals surface area (Å²) >= 11 is 0. The van der Waals surface area contributed by atoms with Crippen molar-refractivity contribution in [2.45, 2.75) is 53.8 Å². The van der Waals surface area contributed by atoms with Crippen LogP contribution in [0.25, 0.3) is 0 Å². The van der Waals surface area contributed by atoms with E-state index in [0.29, 0.717) is 0 Å². The standard InChI is InChI=1S/C15H25N5/c1-5-6-16-11-15-12(2)18-20(13(15)3)10-9-19-8-7-17-14(19)4/h7-8,16H,5-6,9-11H2,1-4H3. The Morgan fingerprint density at radius 2 is 2.00 bits per heavy atom. The van der Waals surface area contributed by atoms with Crippen LogP contribution < -0.4 is 5.32 Å². The lowest BCUT2D eigenvalue weighted by Crippen LogP contribution is -2.15. The Kier molecular flexibility index (Phi) is 4.95. The summed E-state index contributed by atoms with van der Waals surface area (Å²) in [5.74, 6) is 1.05. The molecule has 0 radical (unpaired) electrons. The molecule has 2 rings (SSSR count). The van der Waals surface area contributed by atoms with Crippen molar-refractivity contribution in [3.63, 3.8) is 0 Å². The van der Waals surface area contributed by atoms with Crippen LogP contribution in [0.4, 0.5) is 0 Å². The highest BCUT2D eigenvalue weighted by atomic mass is 15.3. The first kappa shape index (κ1) is 14.8.